The molecule has 152 valence electrons. The molecule has 2 aliphatic heterocycles. The Morgan fingerprint density at radius 1 is 0.900 bits per heavy atom. The van der Waals surface area contributed by atoms with Crippen LogP contribution in [0.2, 0.25) is 0 Å². The van der Waals surface area contributed by atoms with E-state index in [1.54, 1.807) is 12.1 Å². The number of hydrogen-bond donors (Lipinski definition) is 0. The van der Waals surface area contributed by atoms with E-state index >= 15 is 0 Å². The van der Waals surface area contributed by atoms with Crippen LogP contribution in [0.15, 0.2) is 53.6 Å². The van der Waals surface area contributed by atoms with Crippen LogP contribution in [-0.2, 0) is 14.3 Å². The van der Waals surface area contributed by atoms with Gasteiger partial charge >= 0.3 is 5.97 Å². The first-order valence-electron chi connectivity index (χ1n) is 9.53. The van der Waals surface area contributed by atoms with Gasteiger partial charge in [0.2, 0.25) is 0 Å². The molecule has 7 heteroatoms. The molecule has 0 saturated carbocycles. The summed E-state index contributed by atoms with van der Waals surface area (Å²) in [5.41, 5.74) is 1.42. The Balaban J connectivity index is 1.76. The van der Waals surface area contributed by atoms with Crippen molar-refractivity contribution in [1.29, 1.82) is 0 Å². The molecule has 2 heterocycles. The zero-order valence-electron chi connectivity index (χ0n) is 16.3. The van der Waals surface area contributed by atoms with Gasteiger partial charge in [-0.25, -0.2) is 0 Å². The van der Waals surface area contributed by atoms with Crippen LogP contribution < -0.4 is 9.47 Å². The van der Waals surface area contributed by atoms with E-state index in [1.165, 1.54) is 14.2 Å². The normalized spacial score (nSPS) is 24.7. The van der Waals surface area contributed by atoms with Crippen LogP contribution in [-0.4, -0.2) is 44.0 Å². The highest BCUT2D eigenvalue weighted by Gasteiger charge is 2.52. The molecule has 1 aliphatic carbocycles. The van der Waals surface area contributed by atoms with E-state index in [1.807, 2.05) is 30.3 Å². The Labute approximate surface area is 172 Å². The van der Waals surface area contributed by atoms with E-state index in [0.29, 0.717) is 11.3 Å². The Kier molecular flexibility index (Phi) is 4.22. The maximum atomic E-state index is 13.7. The van der Waals surface area contributed by atoms with Gasteiger partial charge in [-0.05, 0) is 17.7 Å². The maximum Gasteiger partial charge on any atom is 0.309 e. The van der Waals surface area contributed by atoms with Gasteiger partial charge in [0.1, 0.15) is 12.2 Å². The van der Waals surface area contributed by atoms with Crippen molar-refractivity contribution in [2.75, 3.05) is 14.2 Å². The topological polar surface area (TPSA) is 88.1 Å². The third kappa shape index (κ3) is 2.52. The van der Waals surface area contributed by atoms with Gasteiger partial charge in [0, 0.05) is 11.1 Å². The molecule has 5 rings (SSSR count). The molecule has 0 bridgehead atoms. The minimum atomic E-state index is -0.898. The van der Waals surface area contributed by atoms with Crippen LogP contribution in [0.4, 0.5) is 0 Å². The average molecular weight is 406 g/mol. The lowest BCUT2D eigenvalue weighted by Gasteiger charge is -2.37. The molecule has 3 aliphatic rings. The largest absolute Gasteiger partial charge is 0.493 e. The number of carbonyl (C=O) groups excluding carboxylic acids is 3. The van der Waals surface area contributed by atoms with E-state index in [0.717, 1.165) is 0 Å². The van der Waals surface area contributed by atoms with Gasteiger partial charge in [-0.3, -0.25) is 14.4 Å². The van der Waals surface area contributed by atoms with Crippen LogP contribution in [0.1, 0.15) is 38.8 Å². The summed E-state index contributed by atoms with van der Waals surface area (Å²) in [6.07, 6.45) is -2.28. The number of ether oxygens (including phenoxy) is 4. The van der Waals surface area contributed by atoms with Crippen LogP contribution >= 0.6 is 0 Å². The van der Waals surface area contributed by atoms with Crippen molar-refractivity contribution >= 4 is 17.5 Å². The van der Waals surface area contributed by atoms with Crippen molar-refractivity contribution in [3.8, 4) is 11.5 Å². The SMILES string of the molecule is COc1ccc2c(c1OC)C(=O)C1=C(C2=O)[C@@H]2OC(=O)C[C@@H]2O[C@H]1c1ccccc1. The summed E-state index contributed by atoms with van der Waals surface area (Å²) < 4.78 is 22.3. The molecule has 2 aromatic rings. The summed E-state index contributed by atoms with van der Waals surface area (Å²) in [5.74, 6) is -0.680. The standard InChI is InChI=1S/C23H18O7/c1-27-13-9-8-12-16(22(13)28-2)20(26)18-17(19(12)25)23-14(10-15(24)30-23)29-21(18)11-6-4-3-5-7-11/h3-9,14,21,23H,10H2,1-2H3/t14-,21-,23+/m0/s1. The number of methoxy groups -OCH3 is 2. The van der Waals surface area contributed by atoms with Crippen molar-refractivity contribution in [1.82, 2.24) is 0 Å². The van der Waals surface area contributed by atoms with Gasteiger partial charge in [0.05, 0.1) is 31.8 Å². The summed E-state index contributed by atoms with van der Waals surface area (Å²) in [7, 11) is 2.88. The second-order valence-corrected chi connectivity index (χ2v) is 7.29. The quantitative estimate of drug-likeness (QED) is 0.724. The number of carbonyl (C=O) groups is 3. The first-order chi connectivity index (χ1) is 14.5. The molecular formula is C23H18O7. The van der Waals surface area contributed by atoms with Gasteiger partial charge in [-0.2, -0.15) is 0 Å². The highest BCUT2D eigenvalue weighted by molar-refractivity contribution is 6.29. The van der Waals surface area contributed by atoms with Gasteiger partial charge in [0.15, 0.2) is 29.2 Å². The third-order valence-electron chi connectivity index (χ3n) is 5.72. The first kappa shape index (κ1) is 18.6. The summed E-state index contributed by atoms with van der Waals surface area (Å²) >= 11 is 0. The van der Waals surface area contributed by atoms with Crippen molar-refractivity contribution in [3.63, 3.8) is 0 Å². The van der Waals surface area contributed by atoms with Crippen molar-refractivity contribution in [2.24, 2.45) is 0 Å². The molecule has 0 radical (unpaired) electrons. The molecule has 0 amide bonds. The summed E-state index contributed by atoms with van der Waals surface area (Å²) in [4.78, 5) is 39.3. The molecule has 30 heavy (non-hydrogen) atoms. The van der Waals surface area contributed by atoms with Crippen molar-refractivity contribution in [3.05, 3.63) is 70.3 Å². The minimum absolute atomic E-state index is 0.0328. The lowest BCUT2D eigenvalue weighted by molar-refractivity contribution is -0.140. The van der Waals surface area contributed by atoms with Gasteiger partial charge in [-0.1, -0.05) is 30.3 Å². The highest BCUT2D eigenvalue weighted by Crippen LogP contribution is 2.48. The van der Waals surface area contributed by atoms with Gasteiger partial charge in [-0.15, -0.1) is 0 Å². The van der Waals surface area contributed by atoms with Gasteiger partial charge < -0.3 is 18.9 Å². The fourth-order valence-corrected chi connectivity index (χ4v) is 4.43. The summed E-state index contributed by atoms with van der Waals surface area (Å²) in [6.45, 7) is 0. The zero-order chi connectivity index (χ0) is 21.0. The Morgan fingerprint density at radius 3 is 2.37 bits per heavy atom. The second kappa shape index (κ2) is 6.81. The fourth-order valence-electron chi connectivity index (χ4n) is 4.43. The number of fused-ring (bicyclic) bond motifs is 3. The molecule has 1 fully saturated rings. The minimum Gasteiger partial charge on any atom is -0.493 e. The lowest BCUT2D eigenvalue weighted by atomic mass is 9.75. The molecule has 3 atom stereocenters. The van der Waals surface area contributed by atoms with E-state index < -0.39 is 30.1 Å². The van der Waals surface area contributed by atoms with E-state index in [2.05, 4.69) is 0 Å². The first-order valence-corrected chi connectivity index (χ1v) is 9.53. The lowest BCUT2D eigenvalue weighted by Crippen LogP contribution is -2.42. The van der Waals surface area contributed by atoms with Crippen LogP contribution in [0.3, 0.4) is 0 Å². The van der Waals surface area contributed by atoms with Crippen molar-refractivity contribution < 1.29 is 33.3 Å². The van der Waals surface area contributed by atoms with Gasteiger partial charge in [0.25, 0.3) is 0 Å². The molecule has 0 spiro atoms. The number of hydrogen-bond acceptors (Lipinski definition) is 7. The number of rotatable bonds is 3. The number of Topliss-reactive ketones (excluding diaryl/α,β-unsaturated/α-hetero) is 2. The predicted molar refractivity (Wildman–Crippen MR) is 104 cm³/mol. The average Bonchev–Trinajstić information content (AvgIpc) is 3.15. The summed E-state index contributed by atoms with van der Waals surface area (Å²) in [6, 6.07) is 12.3. The third-order valence-corrected chi connectivity index (χ3v) is 5.72. The van der Waals surface area contributed by atoms with Crippen LogP contribution in [0, 0.1) is 0 Å². The highest BCUT2D eigenvalue weighted by atomic mass is 16.6. The Morgan fingerprint density at radius 2 is 1.67 bits per heavy atom. The Hall–Kier alpha value is -3.45. The molecule has 0 aromatic heterocycles. The number of benzene rings is 2. The van der Waals surface area contributed by atoms with E-state index in [-0.39, 0.29) is 40.2 Å². The van der Waals surface area contributed by atoms with Crippen LogP contribution in [0.25, 0.3) is 0 Å². The molecular weight excluding hydrogens is 388 g/mol. The van der Waals surface area contributed by atoms with Crippen LogP contribution in [0.5, 0.6) is 11.5 Å². The zero-order valence-corrected chi connectivity index (χ0v) is 16.3. The van der Waals surface area contributed by atoms with E-state index in [4.69, 9.17) is 18.9 Å². The predicted octanol–water partition coefficient (Wildman–Crippen LogP) is 2.84. The summed E-state index contributed by atoms with van der Waals surface area (Å²) in [5, 5.41) is 0. The fraction of sp³-hybridized carbons (Fsp3) is 0.261. The second-order valence-electron chi connectivity index (χ2n) is 7.29. The van der Waals surface area contributed by atoms with E-state index in [9.17, 15) is 14.4 Å². The maximum absolute atomic E-state index is 13.7. The molecule has 1 saturated heterocycles. The molecule has 2 aromatic carbocycles. The smallest absolute Gasteiger partial charge is 0.309 e. The molecule has 0 N–H and O–H groups in total. The Bertz CT molecular complexity index is 1120. The molecule has 7 nitrogen and oxygen atoms in total. The van der Waals surface area contributed by atoms with Crippen molar-refractivity contribution in [2.45, 2.75) is 24.7 Å². The monoisotopic (exact) mass is 406 g/mol. The molecule has 0 unspecified atom stereocenters. The number of esters is 1. The number of ketones is 2.